The molecule has 0 bridgehead atoms. The molecule has 0 spiro atoms. The predicted octanol–water partition coefficient (Wildman–Crippen LogP) is 9.12. The quantitative estimate of drug-likeness (QED) is 0.328. The molecule has 7 nitrogen and oxygen atoms in total. The van der Waals surface area contributed by atoms with E-state index in [1.807, 2.05) is 0 Å². The van der Waals surface area contributed by atoms with Crippen molar-refractivity contribution in [3.8, 4) is 0 Å². The zero-order valence-electron chi connectivity index (χ0n) is 26.0. The highest BCUT2D eigenvalue weighted by molar-refractivity contribution is 7.86. The number of nitrogens with zero attached hydrogens (tertiary/aromatic N) is 4. The minimum atomic E-state index is -0.926. The molecule has 0 aliphatic carbocycles. The molecule has 2 fully saturated rings. The van der Waals surface area contributed by atoms with Crippen LogP contribution in [0.25, 0.3) is 0 Å². The van der Waals surface area contributed by atoms with Crippen LogP contribution in [0.5, 0.6) is 0 Å². The van der Waals surface area contributed by atoms with Gasteiger partial charge >= 0.3 is 0 Å². The maximum absolute atomic E-state index is 7.35. The molecule has 2 aliphatic heterocycles. The van der Waals surface area contributed by atoms with Gasteiger partial charge in [0.1, 0.15) is 16.7 Å². The summed E-state index contributed by atoms with van der Waals surface area (Å²) in [5.41, 5.74) is 0.0794. The number of hydrogen-bond donors (Lipinski definition) is 2. The molecule has 0 amide bonds. The first-order valence-corrected chi connectivity index (χ1v) is 17.6. The number of nitrogens with one attached hydrogen (secondary N) is 2. The van der Waals surface area contributed by atoms with E-state index in [2.05, 4.69) is 153 Å². The Morgan fingerprint density at radius 3 is 0.743 bits per heavy atom. The van der Waals surface area contributed by atoms with E-state index in [-0.39, 0.29) is 33.2 Å². The molecule has 2 saturated heterocycles. The average molecular weight is 569 g/mol. The second kappa shape index (κ2) is 10.1. The Morgan fingerprint density at radius 2 is 0.600 bits per heavy atom. The van der Waals surface area contributed by atoms with Crippen LogP contribution in [0.15, 0.2) is 0 Å². The largest absolute Gasteiger partial charge is 0.275 e. The summed E-state index contributed by atoms with van der Waals surface area (Å²) in [6.07, 6.45) is 0. The van der Waals surface area contributed by atoms with E-state index in [1.165, 1.54) is 0 Å². The van der Waals surface area contributed by atoms with Crippen molar-refractivity contribution < 1.29 is 4.31 Å². The van der Waals surface area contributed by atoms with Gasteiger partial charge in [-0.1, -0.05) is 0 Å². The lowest BCUT2D eigenvalue weighted by Crippen LogP contribution is -2.60. The molecule has 35 heavy (non-hydrogen) atoms. The van der Waals surface area contributed by atoms with Crippen molar-refractivity contribution in [3.05, 3.63) is 0 Å². The minimum absolute atomic E-state index is 0.00509. The van der Waals surface area contributed by atoms with E-state index in [9.17, 15) is 0 Å². The van der Waals surface area contributed by atoms with Crippen molar-refractivity contribution in [2.24, 2.45) is 0 Å². The molecule has 2 rings (SSSR count). The van der Waals surface area contributed by atoms with Gasteiger partial charge in [0.2, 0.25) is 16.9 Å². The van der Waals surface area contributed by atoms with E-state index in [1.54, 1.807) is 0 Å². The number of hydrogen-bond acceptors (Lipinski definition) is 7. The Kier molecular flexibility index (Phi) is 9.44. The first kappa shape index (κ1) is 32.7. The summed E-state index contributed by atoms with van der Waals surface area (Å²) in [6, 6.07) is 0. The third kappa shape index (κ3) is 7.77. The highest BCUT2D eigenvalue weighted by atomic mass is 31.3. The second-order valence-corrected chi connectivity index (χ2v) is 23.5. The van der Waals surface area contributed by atoms with Crippen LogP contribution >= 0.6 is 33.6 Å². The molecule has 2 aliphatic rings. The molecule has 2 N–H and O–H groups in total. The van der Waals surface area contributed by atoms with Crippen molar-refractivity contribution in [2.75, 3.05) is 0 Å². The van der Waals surface area contributed by atoms with Gasteiger partial charge in [-0.2, -0.15) is 17.8 Å². The summed E-state index contributed by atoms with van der Waals surface area (Å²) in [5.74, 6) is 0. The lowest BCUT2D eigenvalue weighted by Gasteiger charge is -2.68. The van der Waals surface area contributed by atoms with E-state index >= 15 is 0 Å². The van der Waals surface area contributed by atoms with Crippen molar-refractivity contribution in [1.29, 1.82) is 0 Å². The van der Waals surface area contributed by atoms with Crippen LogP contribution in [0.2, 0.25) is 0 Å². The summed E-state index contributed by atoms with van der Waals surface area (Å²) in [6.45, 7) is 41.6. The SMILES string of the molecule is CC(C)(C)NP1N(C(C)(C)C)P(OP2N(C(C)(C)C)P(NC(C)(C)C)N2C(C)(C)C)N1C(C)(C)C. The maximum atomic E-state index is 7.35. The van der Waals surface area contributed by atoms with Gasteiger partial charge in [-0.25, -0.2) is 0 Å². The smallest absolute Gasteiger partial charge is 0.206 e. The van der Waals surface area contributed by atoms with E-state index < -0.39 is 33.6 Å². The minimum Gasteiger partial charge on any atom is -0.275 e. The molecular weight excluding hydrogens is 512 g/mol. The van der Waals surface area contributed by atoms with Crippen molar-refractivity contribution in [1.82, 2.24) is 27.9 Å². The van der Waals surface area contributed by atoms with E-state index in [0.717, 1.165) is 0 Å². The fourth-order valence-corrected chi connectivity index (χ4v) is 16.8. The molecule has 208 valence electrons. The van der Waals surface area contributed by atoms with Gasteiger partial charge in [0.25, 0.3) is 0 Å². The standard InChI is InChI=1S/C24H56N6OP4/c1-19(2,3)25-32-27(21(7,8)9)34(28(32)22(10,11)12)31-35-29(23(13,14)15)33(26-20(4,5)6)30(35)24(16,17)18/h25-26H,1-18H3. The van der Waals surface area contributed by atoms with Crippen LogP contribution in [0.3, 0.4) is 0 Å². The fourth-order valence-electron chi connectivity index (χ4n) is 3.70. The molecule has 11 heteroatoms. The Morgan fingerprint density at radius 1 is 0.400 bits per heavy atom. The molecule has 0 saturated carbocycles. The Labute approximate surface area is 223 Å². The van der Waals surface area contributed by atoms with Crippen LogP contribution in [-0.4, -0.2) is 51.0 Å². The highest BCUT2D eigenvalue weighted by Crippen LogP contribution is 2.89. The van der Waals surface area contributed by atoms with Crippen molar-refractivity contribution >= 4 is 33.6 Å². The van der Waals surface area contributed by atoms with Gasteiger partial charge in [0.05, 0.1) is 0 Å². The first-order valence-electron chi connectivity index (χ1n) is 12.8. The molecule has 0 radical (unpaired) electrons. The first-order chi connectivity index (χ1) is 15.2. The molecule has 0 aromatic rings. The summed E-state index contributed by atoms with van der Waals surface area (Å²) in [7, 11) is -3.20. The summed E-state index contributed by atoms with van der Waals surface area (Å²) >= 11 is 0. The monoisotopic (exact) mass is 568 g/mol. The van der Waals surface area contributed by atoms with E-state index in [4.69, 9.17) is 4.31 Å². The van der Waals surface area contributed by atoms with Crippen LogP contribution in [0.1, 0.15) is 125 Å². The zero-order chi connectivity index (χ0) is 27.7. The van der Waals surface area contributed by atoms with Crippen LogP contribution < -0.4 is 10.2 Å². The Bertz CT molecular complexity index is 636. The van der Waals surface area contributed by atoms with Gasteiger partial charge < -0.3 is 0 Å². The highest BCUT2D eigenvalue weighted by Gasteiger charge is 2.64. The summed E-state index contributed by atoms with van der Waals surface area (Å²) in [4.78, 5) is 0. The molecular formula is C24H56N6OP4. The van der Waals surface area contributed by atoms with Gasteiger partial charge in [-0.15, -0.1) is 0 Å². The Balaban J connectivity index is 2.51. The third-order valence-electron chi connectivity index (χ3n) is 4.78. The second-order valence-electron chi connectivity index (χ2n) is 15.7. The lowest BCUT2D eigenvalue weighted by atomic mass is 10.1. The van der Waals surface area contributed by atoms with Crippen molar-refractivity contribution in [2.45, 2.75) is 158 Å². The van der Waals surface area contributed by atoms with Crippen LogP contribution in [0, 0.1) is 0 Å². The molecule has 0 aromatic carbocycles. The topological polar surface area (TPSA) is 46.3 Å². The normalized spacial score (nSPS) is 29.3. The van der Waals surface area contributed by atoms with Gasteiger partial charge in [0.15, 0.2) is 0 Å². The maximum Gasteiger partial charge on any atom is 0.206 e. The summed E-state index contributed by atoms with van der Waals surface area (Å²) < 4.78 is 17.9. The van der Waals surface area contributed by atoms with Crippen LogP contribution in [-0.2, 0) is 4.31 Å². The molecule has 0 atom stereocenters. The predicted molar refractivity (Wildman–Crippen MR) is 161 cm³/mol. The average Bonchev–Trinajstić information content (AvgIpc) is 2.42. The molecule has 0 aromatic heterocycles. The number of rotatable bonds is 4. The van der Waals surface area contributed by atoms with Gasteiger partial charge in [-0.3, -0.25) is 14.5 Å². The summed E-state index contributed by atoms with van der Waals surface area (Å²) in [5, 5.41) is 7.91. The molecule has 2 heterocycles. The fraction of sp³-hybridized carbons (Fsp3) is 1.00. The Hall–Kier alpha value is 1.44. The van der Waals surface area contributed by atoms with E-state index in [0.29, 0.717) is 0 Å². The van der Waals surface area contributed by atoms with Gasteiger partial charge in [-0.05, 0) is 125 Å². The zero-order valence-corrected chi connectivity index (χ0v) is 29.6. The third-order valence-corrected chi connectivity index (χ3v) is 19.1. The lowest BCUT2D eigenvalue weighted by molar-refractivity contribution is 0.217. The molecule has 0 unspecified atom stereocenters. The van der Waals surface area contributed by atoms with Crippen molar-refractivity contribution in [3.63, 3.8) is 0 Å². The van der Waals surface area contributed by atoms with Crippen LogP contribution in [0.4, 0.5) is 0 Å². The van der Waals surface area contributed by atoms with Gasteiger partial charge in [0, 0.05) is 33.2 Å².